The Bertz CT molecular complexity index is 782. The highest BCUT2D eigenvalue weighted by Crippen LogP contribution is 2.23. The Labute approximate surface area is 143 Å². The van der Waals surface area contributed by atoms with Crippen LogP contribution in [0, 0.1) is 6.92 Å². The number of sulfonamides is 1. The predicted molar refractivity (Wildman–Crippen MR) is 93.9 cm³/mol. The molecule has 1 saturated heterocycles. The van der Waals surface area contributed by atoms with E-state index >= 15 is 0 Å². The molecule has 6 heteroatoms. The van der Waals surface area contributed by atoms with E-state index in [2.05, 4.69) is 10.0 Å². The summed E-state index contributed by atoms with van der Waals surface area (Å²) in [5.41, 5.74) is 1.11. The van der Waals surface area contributed by atoms with Crippen molar-refractivity contribution < 1.29 is 13.2 Å². The number of hydrogen-bond acceptors (Lipinski definition) is 4. The highest BCUT2D eigenvalue weighted by atomic mass is 32.2. The Morgan fingerprint density at radius 2 is 1.92 bits per heavy atom. The first kappa shape index (κ1) is 17.0. The molecule has 0 bridgehead atoms. The van der Waals surface area contributed by atoms with Crippen LogP contribution in [0.5, 0.6) is 11.5 Å². The van der Waals surface area contributed by atoms with Crippen molar-refractivity contribution in [3.63, 3.8) is 0 Å². The molecular weight excluding hydrogens is 324 g/mol. The number of aryl methyl sites for hydroxylation is 1. The summed E-state index contributed by atoms with van der Waals surface area (Å²) in [7, 11) is -3.50. The fourth-order valence-corrected chi connectivity index (χ4v) is 4.01. The fourth-order valence-electron chi connectivity index (χ4n) is 2.74. The second-order valence-corrected chi connectivity index (χ2v) is 7.77. The fraction of sp³-hybridized carbons (Fsp3) is 0.333. The second kappa shape index (κ2) is 7.34. The molecule has 0 amide bonds. The van der Waals surface area contributed by atoms with Gasteiger partial charge in [-0.15, -0.1) is 0 Å². The topological polar surface area (TPSA) is 67.4 Å². The van der Waals surface area contributed by atoms with Crippen molar-refractivity contribution in [3.05, 3.63) is 54.1 Å². The van der Waals surface area contributed by atoms with Gasteiger partial charge in [0, 0.05) is 12.6 Å². The van der Waals surface area contributed by atoms with Gasteiger partial charge in [-0.05, 0) is 68.3 Å². The molecule has 1 heterocycles. The number of piperidine rings is 1. The standard InChI is InChI=1S/C18H22N2O3S/c1-14-4-2-6-17(12-14)23-16-7-9-18(10-8-16)24(21,22)20-15-5-3-11-19-13-15/h2,4,6-10,12,15,19-20H,3,5,11,13H2,1H3. The molecule has 0 radical (unpaired) electrons. The van der Waals surface area contributed by atoms with Gasteiger partial charge in [0.25, 0.3) is 0 Å². The number of ether oxygens (including phenoxy) is 1. The lowest BCUT2D eigenvalue weighted by atomic mass is 10.1. The van der Waals surface area contributed by atoms with Gasteiger partial charge in [-0.1, -0.05) is 12.1 Å². The molecule has 1 atom stereocenters. The van der Waals surface area contributed by atoms with Gasteiger partial charge in [0.05, 0.1) is 4.90 Å². The SMILES string of the molecule is Cc1cccc(Oc2ccc(S(=O)(=O)NC3CCCNC3)cc2)c1. The van der Waals surface area contributed by atoms with Crippen molar-refractivity contribution >= 4 is 10.0 Å². The van der Waals surface area contributed by atoms with Gasteiger partial charge in [-0.3, -0.25) is 0 Å². The third kappa shape index (κ3) is 4.35. The first-order chi connectivity index (χ1) is 11.5. The van der Waals surface area contributed by atoms with Crippen LogP contribution < -0.4 is 14.8 Å². The van der Waals surface area contributed by atoms with E-state index in [-0.39, 0.29) is 10.9 Å². The minimum atomic E-state index is -3.50. The average molecular weight is 346 g/mol. The van der Waals surface area contributed by atoms with Gasteiger partial charge < -0.3 is 10.1 Å². The Hall–Kier alpha value is -1.89. The zero-order chi connectivity index (χ0) is 17.0. The van der Waals surface area contributed by atoms with Crippen molar-refractivity contribution in [2.75, 3.05) is 13.1 Å². The summed E-state index contributed by atoms with van der Waals surface area (Å²) in [5.74, 6) is 1.34. The maximum atomic E-state index is 12.4. The number of benzene rings is 2. The van der Waals surface area contributed by atoms with E-state index in [1.807, 2.05) is 31.2 Å². The molecule has 1 aliphatic heterocycles. The molecule has 1 fully saturated rings. The van der Waals surface area contributed by atoms with Crippen LogP contribution in [0.15, 0.2) is 53.4 Å². The Morgan fingerprint density at radius 3 is 2.58 bits per heavy atom. The van der Waals surface area contributed by atoms with Gasteiger partial charge in [-0.25, -0.2) is 13.1 Å². The molecule has 128 valence electrons. The van der Waals surface area contributed by atoms with Gasteiger partial charge >= 0.3 is 0 Å². The Kier molecular flexibility index (Phi) is 5.18. The van der Waals surface area contributed by atoms with Crippen molar-refractivity contribution in [1.82, 2.24) is 10.0 Å². The second-order valence-electron chi connectivity index (χ2n) is 6.05. The third-order valence-electron chi connectivity index (χ3n) is 3.98. The van der Waals surface area contributed by atoms with Crippen LogP contribution in [0.2, 0.25) is 0 Å². The summed E-state index contributed by atoms with van der Waals surface area (Å²) >= 11 is 0. The van der Waals surface area contributed by atoms with Crippen molar-refractivity contribution in [2.24, 2.45) is 0 Å². The smallest absolute Gasteiger partial charge is 0.240 e. The predicted octanol–water partition coefficient (Wildman–Crippen LogP) is 2.82. The van der Waals surface area contributed by atoms with Crippen LogP contribution in [-0.4, -0.2) is 27.5 Å². The van der Waals surface area contributed by atoms with Gasteiger partial charge in [0.15, 0.2) is 0 Å². The third-order valence-corrected chi connectivity index (χ3v) is 5.51. The van der Waals surface area contributed by atoms with E-state index in [1.54, 1.807) is 24.3 Å². The van der Waals surface area contributed by atoms with E-state index in [0.29, 0.717) is 12.3 Å². The van der Waals surface area contributed by atoms with Crippen LogP contribution >= 0.6 is 0 Å². The molecule has 1 aliphatic rings. The molecule has 5 nitrogen and oxygen atoms in total. The number of rotatable bonds is 5. The first-order valence-corrected chi connectivity index (χ1v) is 9.59. The van der Waals surface area contributed by atoms with Crippen LogP contribution in [0.25, 0.3) is 0 Å². The summed E-state index contributed by atoms with van der Waals surface area (Å²) in [6.45, 7) is 3.62. The zero-order valence-electron chi connectivity index (χ0n) is 13.7. The van der Waals surface area contributed by atoms with Crippen LogP contribution in [0.4, 0.5) is 0 Å². The average Bonchev–Trinajstić information content (AvgIpc) is 2.56. The van der Waals surface area contributed by atoms with Crippen molar-refractivity contribution in [3.8, 4) is 11.5 Å². The molecule has 0 aliphatic carbocycles. The van der Waals surface area contributed by atoms with E-state index in [0.717, 1.165) is 30.7 Å². The molecule has 0 saturated carbocycles. The summed E-state index contributed by atoms with van der Waals surface area (Å²) in [6, 6.07) is 14.2. The van der Waals surface area contributed by atoms with E-state index < -0.39 is 10.0 Å². The Balaban J connectivity index is 1.69. The minimum Gasteiger partial charge on any atom is -0.457 e. The van der Waals surface area contributed by atoms with E-state index in [1.165, 1.54) is 0 Å². The number of hydrogen-bond donors (Lipinski definition) is 2. The molecule has 1 unspecified atom stereocenters. The van der Waals surface area contributed by atoms with Crippen molar-refractivity contribution in [2.45, 2.75) is 30.7 Å². The van der Waals surface area contributed by atoms with E-state index in [4.69, 9.17) is 4.74 Å². The van der Waals surface area contributed by atoms with Gasteiger partial charge in [-0.2, -0.15) is 0 Å². The maximum Gasteiger partial charge on any atom is 0.240 e. The van der Waals surface area contributed by atoms with Gasteiger partial charge in [0.1, 0.15) is 11.5 Å². The zero-order valence-corrected chi connectivity index (χ0v) is 14.5. The van der Waals surface area contributed by atoms with Gasteiger partial charge in [0.2, 0.25) is 10.0 Å². The normalized spacial score (nSPS) is 18.3. The molecule has 2 aromatic carbocycles. The minimum absolute atomic E-state index is 0.0491. The number of nitrogens with one attached hydrogen (secondary N) is 2. The van der Waals surface area contributed by atoms with Crippen LogP contribution in [0.3, 0.4) is 0 Å². The largest absolute Gasteiger partial charge is 0.457 e. The summed E-state index contributed by atoms with van der Waals surface area (Å²) in [5, 5.41) is 3.20. The van der Waals surface area contributed by atoms with Crippen LogP contribution in [0.1, 0.15) is 18.4 Å². The lowest BCUT2D eigenvalue weighted by Gasteiger charge is -2.23. The van der Waals surface area contributed by atoms with Crippen LogP contribution in [-0.2, 0) is 10.0 Å². The molecule has 2 N–H and O–H groups in total. The molecule has 24 heavy (non-hydrogen) atoms. The highest BCUT2D eigenvalue weighted by molar-refractivity contribution is 7.89. The summed E-state index contributed by atoms with van der Waals surface area (Å²) < 4.78 is 33.4. The summed E-state index contributed by atoms with van der Waals surface area (Å²) in [4.78, 5) is 0.254. The maximum absolute atomic E-state index is 12.4. The quantitative estimate of drug-likeness (QED) is 0.874. The monoisotopic (exact) mass is 346 g/mol. The Morgan fingerprint density at radius 1 is 1.12 bits per heavy atom. The summed E-state index contributed by atoms with van der Waals surface area (Å²) in [6.07, 6.45) is 1.84. The molecule has 3 rings (SSSR count). The molecular formula is C18H22N2O3S. The highest BCUT2D eigenvalue weighted by Gasteiger charge is 2.21. The molecule has 0 spiro atoms. The van der Waals surface area contributed by atoms with Crippen molar-refractivity contribution in [1.29, 1.82) is 0 Å². The molecule has 0 aromatic heterocycles. The molecule has 2 aromatic rings. The lowest BCUT2D eigenvalue weighted by molar-refractivity contribution is 0.428. The van der Waals surface area contributed by atoms with E-state index in [9.17, 15) is 8.42 Å². The lowest BCUT2D eigenvalue weighted by Crippen LogP contribution is -2.45. The first-order valence-electron chi connectivity index (χ1n) is 8.10.